The van der Waals surface area contributed by atoms with Gasteiger partial charge in [-0.2, -0.15) is 0 Å². The number of carbonyl (C=O) groups excluding carboxylic acids is 2. The molecule has 0 fully saturated rings. The number of amides is 2. The Morgan fingerprint density at radius 2 is 1.59 bits per heavy atom. The summed E-state index contributed by atoms with van der Waals surface area (Å²) < 4.78 is 0. The second kappa shape index (κ2) is 11.8. The van der Waals surface area contributed by atoms with Crippen LogP contribution >= 0.6 is 11.6 Å². The van der Waals surface area contributed by atoms with Gasteiger partial charge in [0.15, 0.2) is 0 Å². The summed E-state index contributed by atoms with van der Waals surface area (Å²) in [5.74, 6) is -0.231. The number of aryl methyl sites for hydroxylation is 2. The molecule has 0 aliphatic heterocycles. The van der Waals surface area contributed by atoms with Crippen LogP contribution < -0.4 is 5.32 Å². The summed E-state index contributed by atoms with van der Waals surface area (Å²) in [4.78, 5) is 28.9. The van der Waals surface area contributed by atoms with Crippen LogP contribution in [0.1, 0.15) is 41.7 Å². The number of halogens is 1. The van der Waals surface area contributed by atoms with Crippen molar-refractivity contribution >= 4 is 23.4 Å². The monoisotopic (exact) mass is 476 g/mol. The molecule has 3 aromatic carbocycles. The number of rotatable bonds is 9. The van der Waals surface area contributed by atoms with Gasteiger partial charge in [-0.15, -0.1) is 0 Å². The average Bonchev–Trinajstić information content (AvgIpc) is 2.80. The zero-order valence-electron chi connectivity index (χ0n) is 20.3. The first kappa shape index (κ1) is 25.5. The van der Waals surface area contributed by atoms with E-state index in [9.17, 15) is 9.59 Å². The minimum Gasteiger partial charge on any atom is -0.352 e. The maximum Gasteiger partial charge on any atom is 0.243 e. The first-order chi connectivity index (χ1) is 16.2. The molecule has 0 aliphatic rings. The van der Waals surface area contributed by atoms with E-state index in [4.69, 9.17) is 11.6 Å². The summed E-state index contributed by atoms with van der Waals surface area (Å²) in [6.07, 6.45) is 0.673. The molecule has 0 radical (unpaired) electrons. The van der Waals surface area contributed by atoms with E-state index in [2.05, 4.69) is 5.32 Å². The van der Waals surface area contributed by atoms with Gasteiger partial charge < -0.3 is 10.2 Å². The Morgan fingerprint density at radius 3 is 2.24 bits per heavy atom. The van der Waals surface area contributed by atoms with Crippen molar-refractivity contribution in [1.29, 1.82) is 0 Å². The van der Waals surface area contributed by atoms with E-state index in [1.807, 2.05) is 100 Å². The Balaban J connectivity index is 1.99. The van der Waals surface area contributed by atoms with Crippen molar-refractivity contribution < 1.29 is 9.59 Å². The summed E-state index contributed by atoms with van der Waals surface area (Å²) in [5, 5.41) is 3.66. The van der Waals surface area contributed by atoms with Crippen LogP contribution in [0.25, 0.3) is 0 Å². The van der Waals surface area contributed by atoms with Gasteiger partial charge in [0.05, 0.1) is 6.42 Å². The van der Waals surface area contributed by atoms with Gasteiger partial charge in [-0.05, 0) is 62.1 Å². The predicted molar refractivity (Wildman–Crippen MR) is 139 cm³/mol. The second-order valence-electron chi connectivity index (χ2n) is 9.12. The van der Waals surface area contributed by atoms with Crippen molar-refractivity contribution in [2.24, 2.45) is 0 Å². The molecule has 3 aromatic rings. The molecule has 5 heteroatoms. The molecule has 2 amide bonds. The fourth-order valence-electron chi connectivity index (χ4n) is 3.98. The number of nitrogens with zero attached hydrogens (tertiary/aromatic N) is 1. The highest BCUT2D eigenvalue weighted by atomic mass is 35.5. The first-order valence-corrected chi connectivity index (χ1v) is 12.0. The van der Waals surface area contributed by atoms with Gasteiger partial charge in [-0.1, -0.05) is 77.8 Å². The van der Waals surface area contributed by atoms with Gasteiger partial charge >= 0.3 is 0 Å². The van der Waals surface area contributed by atoms with Gasteiger partial charge in [-0.3, -0.25) is 9.59 Å². The van der Waals surface area contributed by atoms with Crippen LogP contribution in [0, 0.1) is 13.8 Å². The third-order valence-electron chi connectivity index (χ3n) is 5.81. The van der Waals surface area contributed by atoms with Crippen molar-refractivity contribution in [3.8, 4) is 0 Å². The molecular formula is C29H33ClN2O2. The molecule has 0 heterocycles. The average molecular weight is 477 g/mol. The van der Waals surface area contributed by atoms with E-state index < -0.39 is 6.04 Å². The van der Waals surface area contributed by atoms with Crippen LogP contribution in [0.15, 0.2) is 72.8 Å². The Bertz CT molecular complexity index is 1110. The fraction of sp³-hybridized carbons (Fsp3) is 0.310. The molecule has 0 bridgehead atoms. The van der Waals surface area contributed by atoms with Crippen molar-refractivity contribution in [1.82, 2.24) is 10.2 Å². The molecule has 0 saturated heterocycles. The van der Waals surface area contributed by atoms with Gasteiger partial charge in [0.25, 0.3) is 0 Å². The highest BCUT2D eigenvalue weighted by Crippen LogP contribution is 2.19. The summed E-state index contributed by atoms with van der Waals surface area (Å²) in [7, 11) is 0. The second-order valence-corrected chi connectivity index (χ2v) is 9.56. The number of carbonyl (C=O) groups is 2. The van der Waals surface area contributed by atoms with Crippen LogP contribution in [-0.2, 0) is 29.0 Å². The fourth-order valence-corrected chi connectivity index (χ4v) is 4.10. The Labute approximate surface area is 207 Å². The predicted octanol–water partition coefficient (Wildman–Crippen LogP) is 5.66. The summed E-state index contributed by atoms with van der Waals surface area (Å²) in [5.41, 5.74) is 5.09. The van der Waals surface area contributed by atoms with Crippen molar-refractivity contribution in [2.75, 3.05) is 0 Å². The quantitative estimate of drug-likeness (QED) is 0.433. The number of nitrogens with one attached hydrogen (secondary N) is 1. The van der Waals surface area contributed by atoms with Gasteiger partial charge in [0.2, 0.25) is 11.8 Å². The van der Waals surface area contributed by atoms with E-state index >= 15 is 0 Å². The van der Waals surface area contributed by atoms with Gasteiger partial charge in [0, 0.05) is 24.0 Å². The standard InChI is InChI=1S/C29H33ClN2O2/c1-20(2)31-29(34)27(17-23-8-6-5-7-9-23)32(19-24-12-14-26(30)15-13-24)28(33)18-25-16-21(3)10-11-22(25)4/h5-16,20,27H,17-19H2,1-4H3,(H,31,34)/t27-/m0/s1. The van der Waals surface area contributed by atoms with E-state index in [1.54, 1.807) is 4.90 Å². The molecule has 0 aliphatic carbocycles. The summed E-state index contributed by atoms with van der Waals surface area (Å²) in [6, 6.07) is 22.7. The molecular weight excluding hydrogens is 444 g/mol. The topological polar surface area (TPSA) is 49.4 Å². The SMILES string of the molecule is Cc1ccc(C)c(CC(=O)N(Cc2ccc(Cl)cc2)[C@@H](Cc2ccccc2)C(=O)NC(C)C)c1. The summed E-state index contributed by atoms with van der Waals surface area (Å²) in [6.45, 7) is 8.22. The molecule has 0 saturated carbocycles. The van der Waals surface area contributed by atoms with Crippen LogP contribution in [0.5, 0.6) is 0 Å². The van der Waals surface area contributed by atoms with Crippen molar-refractivity contribution in [2.45, 2.75) is 59.2 Å². The zero-order valence-corrected chi connectivity index (χ0v) is 21.1. The third kappa shape index (κ3) is 7.19. The van der Waals surface area contributed by atoms with Gasteiger partial charge in [-0.25, -0.2) is 0 Å². The maximum atomic E-state index is 13.8. The molecule has 4 nitrogen and oxygen atoms in total. The van der Waals surface area contributed by atoms with Crippen molar-refractivity contribution in [3.05, 3.63) is 106 Å². The van der Waals surface area contributed by atoms with E-state index in [-0.39, 0.29) is 24.3 Å². The molecule has 0 spiro atoms. The molecule has 0 unspecified atom stereocenters. The number of hydrogen-bond acceptors (Lipinski definition) is 2. The lowest BCUT2D eigenvalue weighted by atomic mass is 9.99. The smallest absolute Gasteiger partial charge is 0.243 e. The highest BCUT2D eigenvalue weighted by molar-refractivity contribution is 6.30. The van der Waals surface area contributed by atoms with Crippen LogP contribution in [-0.4, -0.2) is 28.8 Å². The molecule has 1 N–H and O–H groups in total. The van der Waals surface area contributed by atoms with E-state index in [0.29, 0.717) is 18.0 Å². The normalized spacial score (nSPS) is 11.8. The number of benzene rings is 3. The van der Waals surface area contributed by atoms with Crippen LogP contribution in [0.3, 0.4) is 0 Å². The highest BCUT2D eigenvalue weighted by Gasteiger charge is 2.31. The van der Waals surface area contributed by atoms with E-state index in [1.165, 1.54) is 0 Å². The Hall–Kier alpha value is -3.11. The van der Waals surface area contributed by atoms with E-state index in [0.717, 1.165) is 27.8 Å². The lowest BCUT2D eigenvalue weighted by Gasteiger charge is -2.32. The summed E-state index contributed by atoms with van der Waals surface area (Å²) >= 11 is 6.08. The molecule has 0 aromatic heterocycles. The lowest BCUT2D eigenvalue weighted by molar-refractivity contribution is -0.141. The van der Waals surface area contributed by atoms with Crippen LogP contribution in [0.4, 0.5) is 0 Å². The molecule has 178 valence electrons. The zero-order chi connectivity index (χ0) is 24.7. The Kier molecular flexibility index (Phi) is 8.89. The lowest BCUT2D eigenvalue weighted by Crippen LogP contribution is -2.52. The first-order valence-electron chi connectivity index (χ1n) is 11.7. The molecule has 1 atom stereocenters. The third-order valence-corrected chi connectivity index (χ3v) is 6.07. The number of hydrogen-bond donors (Lipinski definition) is 1. The van der Waals surface area contributed by atoms with Crippen molar-refractivity contribution in [3.63, 3.8) is 0 Å². The van der Waals surface area contributed by atoms with Crippen LogP contribution in [0.2, 0.25) is 5.02 Å². The molecule has 34 heavy (non-hydrogen) atoms. The van der Waals surface area contributed by atoms with Gasteiger partial charge in [0.1, 0.15) is 6.04 Å². The molecule has 3 rings (SSSR count). The Morgan fingerprint density at radius 1 is 0.912 bits per heavy atom. The minimum atomic E-state index is -0.641. The largest absolute Gasteiger partial charge is 0.352 e. The maximum absolute atomic E-state index is 13.8. The minimum absolute atomic E-state index is 0.0303.